The molecular weight excluding hydrogens is 1950 g/mol. The molecule has 12 aliphatic rings. The number of allylic oxidation sites excluding steroid dienone is 1. The van der Waals surface area contributed by atoms with Crippen LogP contribution in [0.2, 0.25) is 30.1 Å². The first-order valence-electron chi connectivity index (χ1n) is 47.3. The number of carbonyl (C=O) groups excluding carboxylic acids is 11. The molecule has 5 unspecified atom stereocenters. The molecule has 11 aromatic carbocycles. The number of nitrogens with zero attached hydrogens (tertiary/aromatic N) is 10. The molecular formula is C110H98Cl6N10O15S. The minimum absolute atomic E-state index is 0.00290. The van der Waals surface area contributed by atoms with Gasteiger partial charge in [0.1, 0.15) is 11.5 Å². The summed E-state index contributed by atoms with van der Waals surface area (Å²) in [7, 11) is -3.51. The molecule has 7 fully saturated rings. The van der Waals surface area contributed by atoms with E-state index in [1.54, 1.807) is 140 Å². The van der Waals surface area contributed by atoms with Crippen LogP contribution in [0, 0.1) is 5.92 Å². The Labute approximate surface area is 851 Å². The maximum Gasteiger partial charge on any atom is 0.306 e. The van der Waals surface area contributed by atoms with E-state index in [4.69, 9.17) is 79.1 Å². The van der Waals surface area contributed by atoms with Crippen molar-refractivity contribution in [3.8, 4) is 5.75 Å². The van der Waals surface area contributed by atoms with Crippen LogP contribution in [0.1, 0.15) is 178 Å². The maximum absolute atomic E-state index is 13.6. The topological polar surface area (TPSA) is 273 Å². The van der Waals surface area contributed by atoms with Gasteiger partial charge in [-0.15, -0.1) is 6.58 Å². The van der Waals surface area contributed by atoms with Gasteiger partial charge in [0.05, 0.1) is 0 Å². The molecule has 142 heavy (non-hydrogen) atoms. The Morgan fingerprint density at radius 1 is 0.366 bits per heavy atom. The second-order valence-electron chi connectivity index (χ2n) is 36.8. The lowest BCUT2D eigenvalue weighted by Crippen LogP contribution is -2.54. The summed E-state index contributed by atoms with van der Waals surface area (Å²) in [4.78, 5) is 161. The summed E-state index contributed by atoms with van der Waals surface area (Å²) in [6, 6.07) is 80.6. The van der Waals surface area contributed by atoms with Crippen molar-refractivity contribution >= 4 is 144 Å². The van der Waals surface area contributed by atoms with Crippen LogP contribution in [0.4, 0.5) is 0 Å². The van der Waals surface area contributed by atoms with Gasteiger partial charge in [0, 0.05) is 211 Å². The van der Waals surface area contributed by atoms with Crippen LogP contribution in [-0.2, 0) is 71.7 Å². The number of fused-ring (bicyclic) bond motifs is 15. The van der Waals surface area contributed by atoms with E-state index >= 15 is 0 Å². The van der Waals surface area contributed by atoms with Crippen LogP contribution in [0.25, 0.3) is 0 Å². The van der Waals surface area contributed by atoms with Gasteiger partial charge in [-0.25, -0.2) is 8.42 Å². The van der Waals surface area contributed by atoms with Crippen LogP contribution in [-0.4, -0.2) is 213 Å². The molecule has 6 saturated heterocycles. The van der Waals surface area contributed by atoms with Gasteiger partial charge in [0.2, 0.25) is 17.7 Å². The fraction of sp³-hybridized carbons (Fsp3) is 0.282. The largest absolute Gasteiger partial charge is 0.484 e. The van der Waals surface area contributed by atoms with Crippen LogP contribution in [0.15, 0.2) is 280 Å². The van der Waals surface area contributed by atoms with Gasteiger partial charge in [-0.05, 0) is 128 Å². The molecule has 10 amide bonds. The van der Waals surface area contributed by atoms with Crippen molar-refractivity contribution in [3.63, 3.8) is 0 Å². The normalized spacial score (nSPS) is 22.1. The number of sulfone groups is 1. The zero-order valence-corrected chi connectivity index (χ0v) is 82.7. The van der Waals surface area contributed by atoms with Gasteiger partial charge < -0.3 is 58.5 Å². The molecule has 11 aliphatic heterocycles. The first-order valence-corrected chi connectivity index (χ1v) is 51.6. The molecule has 0 spiro atoms. The molecule has 32 heteroatoms. The molecule has 1 saturated carbocycles. The third-order valence-corrected chi connectivity index (χ3v) is 31.3. The Bertz CT molecular complexity index is 7020. The second kappa shape index (κ2) is 39.6. The maximum atomic E-state index is 13.6. The summed E-state index contributed by atoms with van der Waals surface area (Å²) < 4.78 is 34.4. The number of rotatable bonds is 17. The molecule has 1 aliphatic carbocycles. The first kappa shape index (κ1) is 97.6. The van der Waals surface area contributed by atoms with E-state index in [1.807, 2.05) is 177 Å². The molecule has 0 radical (unpaired) electrons. The molecule has 726 valence electrons. The molecule has 6 atom stereocenters. The number of hydrogen-bond acceptors (Lipinski definition) is 15. The molecule has 0 bridgehead atoms. The summed E-state index contributed by atoms with van der Waals surface area (Å²) >= 11 is 36.5. The molecule has 11 heterocycles. The minimum atomic E-state index is -3.51. The lowest BCUT2D eigenvalue weighted by Gasteiger charge is -2.41. The van der Waals surface area contributed by atoms with Crippen molar-refractivity contribution in [1.29, 1.82) is 0 Å². The van der Waals surface area contributed by atoms with Gasteiger partial charge in [0.15, 0.2) is 50.9 Å². The highest BCUT2D eigenvalue weighted by atomic mass is 35.5. The highest BCUT2D eigenvalue weighted by Gasteiger charge is 2.66. The number of esters is 1. The average Bonchev–Trinajstić information content (AvgIpc) is 1.55. The van der Waals surface area contributed by atoms with Crippen LogP contribution in [0.3, 0.4) is 0 Å². The number of hydrogen-bond donors (Lipinski definition) is 0. The number of amides is 10. The molecule has 0 N–H and O–H groups in total. The van der Waals surface area contributed by atoms with Gasteiger partial charge >= 0.3 is 5.97 Å². The first-order chi connectivity index (χ1) is 68.5. The fourth-order valence-electron chi connectivity index (χ4n) is 23.1. The zero-order valence-electron chi connectivity index (χ0n) is 77.4. The lowest BCUT2D eigenvalue weighted by atomic mass is 9.85. The summed E-state index contributed by atoms with van der Waals surface area (Å²) in [5.74, 6) is -1.05. The van der Waals surface area contributed by atoms with Crippen molar-refractivity contribution in [2.45, 2.75) is 105 Å². The van der Waals surface area contributed by atoms with Crippen molar-refractivity contribution in [1.82, 2.24) is 49.0 Å². The van der Waals surface area contributed by atoms with Crippen molar-refractivity contribution in [3.05, 3.63) is 393 Å². The Balaban J connectivity index is 0.000000113. The van der Waals surface area contributed by atoms with Crippen molar-refractivity contribution < 1.29 is 70.6 Å². The third kappa shape index (κ3) is 16.7. The van der Waals surface area contributed by atoms with Gasteiger partial charge in [0.25, 0.3) is 41.4 Å². The summed E-state index contributed by atoms with van der Waals surface area (Å²) in [6.45, 7) is 7.87. The van der Waals surface area contributed by atoms with Crippen molar-refractivity contribution in [2.75, 3.05) is 84.1 Å². The van der Waals surface area contributed by atoms with E-state index < -0.39 is 55.9 Å². The Kier molecular flexibility index (Phi) is 27.2. The quantitative estimate of drug-likeness (QED) is 0.0605. The number of cyclic esters (lactones) is 1. The predicted octanol–water partition coefficient (Wildman–Crippen LogP) is 18.0. The molecule has 25 nitrogen and oxygen atoms in total. The smallest absolute Gasteiger partial charge is 0.306 e. The van der Waals surface area contributed by atoms with Crippen molar-refractivity contribution in [2.24, 2.45) is 5.92 Å². The van der Waals surface area contributed by atoms with E-state index in [0.717, 1.165) is 57.2 Å². The third-order valence-electron chi connectivity index (χ3n) is 29.0. The number of ether oxygens (including phenoxy) is 2. The number of carbonyl (C=O) groups is 11. The second-order valence-corrected chi connectivity index (χ2v) is 41.5. The van der Waals surface area contributed by atoms with E-state index in [-0.39, 0.29) is 78.7 Å². The Morgan fingerprint density at radius 3 is 0.993 bits per heavy atom. The monoisotopic (exact) mass is 2040 g/mol. The standard InChI is InChI=1S/C25H27ClN2O2.C24H18Cl2N2O3.C21H17ClN2O4.C21H19ClN2O2.C19H17ClN2O4S/c26-20-13-11-19(12-14-20)25-22-9-5-4-8-21(22)24(30)28(25)17-16-27(25)23(29)15-10-18-6-2-1-3-7-18;25-17-10-8-16(9-11-17)24-21-7-2-1-6-20(21)23(30)28(24)13-12-27(24)22(29)15-31-19-5-3-4-18(26)14-19;22-14-7-5-13(6-8-14)21-16-4-2-1-3-15(16)19(26)23(21)11-12-24(21)20(27)17-9-10-18(25)28-17;1-2-3-8-19(25)23-13-14-24-20(26)17-6-4-5-7-18(17)21(23,24)15-9-11-16(22)12-10-15;1-27(25,26)12-17(23)21-10-11-22-18(24)15-4-2-3-5-16(15)19(21,22)13-6-8-14(20)9-7-13/h4-5,8-9,11-14,18H,1-3,6-7,10,15-17H2;1-11,14H,12-13,15H2;1-8,17H,9-12H2;2,4-7,9-12H,1,3,8,13-14H2;2-9H,10-12H2,1H3/t;;17-,21?;;/m..0../s1. The fourth-order valence-corrected chi connectivity index (χ4v) is 24.5. The molecule has 0 aromatic heterocycles. The van der Waals surface area contributed by atoms with Crippen LogP contribution in [0.5, 0.6) is 5.75 Å². The van der Waals surface area contributed by atoms with E-state index in [9.17, 15) is 61.2 Å². The van der Waals surface area contributed by atoms with E-state index in [1.165, 1.54) is 37.0 Å². The SMILES string of the molecule is C=CCCC(=O)N1CCN2C(=O)c3ccccc3C12c1ccc(Cl)cc1.CS(=O)(=O)CC(=O)N1CCN2C(=O)c3ccccc3C12c1ccc(Cl)cc1.O=C(CCC1CCCCC1)N1CCN2C(=O)c3ccccc3C12c1ccc(Cl)cc1.O=C(COc1cccc(Cl)c1)N1CCN2C(=O)c3ccccc3C12c1ccc(Cl)cc1.O=C1CC[C@@H](C(=O)N2CCN3C(=O)c4ccccc4C32c2ccc(Cl)cc2)O1. The number of halogens is 6. The van der Waals surface area contributed by atoms with Crippen LogP contribution >= 0.6 is 69.6 Å². The lowest BCUT2D eigenvalue weighted by molar-refractivity contribution is -0.156. The molecule has 11 aromatic rings. The van der Waals surface area contributed by atoms with E-state index in [0.29, 0.717) is 165 Å². The molecule has 23 rings (SSSR count). The van der Waals surface area contributed by atoms with E-state index in [2.05, 4.69) is 6.58 Å². The predicted molar refractivity (Wildman–Crippen MR) is 538 cm³/mol. The minimum Gasteiger partial charge on any atom is -0.484 e. The summed E-state index contributed by atoms with van der Waals surface area (Å²) in [6.07, 6.45) is 11.4. The van der Waals surface area contributed by atoms with Crippen LogP contribution < -0.4 is 4.74 Å². The van der Waals surface area contributed by atoms with Gasteiger partial charge in [-0.3, -0.25) is 52.7 Å². The highest BCUT2D eigenvalue weighted by Crippen LogP contribution is 2.57. The summed E-state index contributed by atoms with van der Waals surface area (Å²) in [5, 5.41) is 3.50. The summed E-state index contributed by atoms with van der Waals surface area (Å²) in [5.41, 5.74) is 6.16. The number of benzene rings is 11. The Hall–Kier alpha value is -13.2. The van der Waals surface area contributed by atoms with Gasteiger partial charge in [-0.1, -0.05) is 266 Å². The highest BCUT2D eigenvalue weighted by molar-refractivity contribution is 7.91. The van der Waals surface area contributed by atoms with Gasteiger partial charge in [-0.2, -0.15) is 0 Å². The Morgan fingerprint density at radius 2 is 0.676 bits per heavy atom. The average molecular weight is 2040 g/mol. The zero-order chi connectivity index (χ0) is 99.5.